The van der Waals surface area contributed by atoms with E-state index in [1.54, 1.807) is 30.1 Å². The second kappa shape index (κ2) is 10.6. The van der Waals surface area contributed by atoms with E-state index in [1.165, 1.54) is 6.33 Å². The number of carbonyl (C=O) groups is 1. The normalized spacial score (nSPS) is 11.4. The van der Waals surface area contributed by atoms with E-state index < -0.39 is 0 Å². The molecule has 0 bridgehead atoms. The number of azo groups is 1. The highest BCUT2D eigenvalue weighted by atomic mass is 16.5. The van der Waals surface area contributed by atoms with E-state index in [2.05, 4.69) is 30.6 Å². The van der Waals surface area contributed by atoms with Crippen molar-refractivity contribution >= 4 is 22.8 Å². The number of methoxy groups -OCH3 is 1. The highest BCUT2D eigenvalue weighted by Crippen LogP contribution is 2.25. The third-order valence-corrected chi connectivity index (χ3v) is 5.14. The first kappa shape index (κ1) is 23.0. The molecule has 0 atom stereocenters. The zero-order chi connectivity index (χ0) is 23.9. The van der Waals surface area contributed by atoms with Crippen LogP contribution in [0.4, 0.5) is 5.82 Å². The second-order valence-corrected chi connectivity index (χ2v) is 7.84. The number of ether oxygens (including phenoxy) is 1. The van der Waals surface area contributed by atoms with Crippen molar-refractivity contribution in [3.05, 3.63) is 72.2 Å². The molecule has 1 N–H and O–H groups in total. The standard InChI is InChI=1S/C24H26N8O2/c1-31(2)13-12-25-24(33)18-6-4-17(5-7-18)14-28-30-22-21-15-29-32(23(21)27-16-26-22)19-8-10-20(34-3)11-9-19/h4-11,15-16H,12-14H2,1-3H3,(H,25,33). The third-order valence-electron chi connectivity index (χ3n) is 5.14. The SMILES string of the molecule is COc1ccc(-n2ncc3c(N=NCc4ccc(C(=O)NCCN(C)C)cc4)ncnc32)cc1. The van der Waals surface area contributed by atoms with Gasteiger partial charge >= 0.3 is 0 Å². The van der Waals surface area contributed by atoms with Crippen LogP contribution in [0.1, 0.15) is 15.9 Å². The van der Waals surface area contributed by atoms with E-state index in [-0.39, 0.29) is 5.91 Å². The monoisotopic (exact) mass is 458 g/mol. The minimum atomic E-state index is -0.0905. The number of hydrogen-bond acceptors (Lipinski definition) is 8. The van der Waals surface area contributed by atoms with Crippen LogP contribution in [0.3, 0.4) is 0 Å². The molecule has 0 aliphatic carbocycles. The number of carbonyl (C=O) groups excluding carboxylic acids is 1. The number of fused-ring (bicyclic) bond motifs is 1. The van der Waals surface area contributed by atoms with Crippen LogP contribution in [-0.4, -0.2) is 64.9 Å². The van der Waals surface area contributed by atoms with E-state index in [9.17, 15) is 4.79 Å². The lowest BCUT2D eigenvalue weighted by atomic mass is 10.1. The molecule has 0 saturated heterocycles. The molecule has 0 saturated carbocycles. The van der Waals surface area contributed by atoms with E-state index in [0.29, 0.717) is 35.5 Å². The van der Waals surface area contributed by atoms with Crippen molar-refractivity contribution in [2.24, 2.45) is 10.2 Å². The van der Waals surface area contributed by atoms with E-state index in [4.69, 9.17) is 4.74 Å². The molecule has 4 aromatic rings. The zero-order valence-electron chi connectivity index (χ0n) is 19.3. The maximum absolute atomic E-state index is 12.2. The van der Waals surface area contributed by atoms with E-state index in [1.807, 2.05) is 55.4 Å². The second-order valence-electron chi connectivity index (χ2n) is 7.84. The highest BCUT2D eigenvalue weighted by Gasteiger charge is 2.11. The van der Waals surface area contributed by atoms with Gasteiger partial charge in [0, 0.05) is 18.7 Å². The van der Waals surface area contributed by atoms with Gasteiger partial charge in [0.15, 0.2) is 11.5 Å². The van der Waals surface area contributed by atoms with Gasteiger partial charge < -0.3 is 15.0 Å². The fourth-order valence-corrected chi connectivity index (χ4v) is 3.26. The Bertz CT molecular complexity index is 1280. The topological polar surface area (TPSA) is 110 Å². The molecule has 0 aliphatic rings. The molecule has 2 aromatic carbocycles. The smallest absolute Gasteiger partial charge is 0.251 e. The lowest BCUT2D eigenvalue weighted by Crippen LogP contribution is -2.31. The third kappa shape index (κ3) is 5.41. The summed E-state index contributed by atoms with van der Waals surface area (Å²) in [6.07, 6.45) is 3.12. The summed E-state index contributed by atoms with van der Waals surface area (Å²) in [7, 11) is 5.56. The summed E-state index contributed by atoms with van der Waals surface area (Å²) in [4.78, 5) is 22.8. The van der Waals surface area contributed by atoms with Crippen LogP contribution in [0.2, 0.25) is 0 Å². The van der Waals surface area contributed by atoms with Gasteiger partial charge in [0.2, 0.25) is 0 Å². The maximum Gasteiger partial charge on any atom is 0.251 e. The van der Waals surface area contributed by atoms with Gasteiger partial charge in [-0.15, -0.1) is 5.11 Å². The molecule has 0 radical (unpaired) electrons. The minimum Gasteiger partial charge on any atom is -0.497 e. The highest BCUT2D eigenvalue weighted by molar-refractivity contribution is 5.94. The minimum absolute atomic E-state index is 0.0905. The Morgan fingerprint density at radius 2 is 1.85 bits per heavy atom. The number of nitrogens with one attached hydrogen (secondary N) is 1. The molecule has 174 valence electrons. The summed E-state index contributed by atoms with van der Waals surface area (Å²) in [5.41, 5.74) is 3.04. The Hall–Kier alpha value is -4.18. The lowest BCUT2D eigenvalue weighted by molar-refractivity contribution is 0.0951. The molecule has 10 nitrogen and oxygen atoms in total. The van der Waals surface area contributed by atoms with Gasteiger partial charge in [-0.05, 0) is 56.1 Å². The first-order valence-corrected chi connectivity index (χ1v) is 10.8. The van der Waals surface area contributed by atoms with Crippen molar-refractivity contribution in [2.75, 3.05) is 34.3 Å². The van der Waals surface area contributed by atoms with Gasteiger partial charge in [0.05, 0.1) is 30.9 Å². The van der Waals surface area contributed by atoms with Crippen LogP contribution in [0, 0.1) is 0 Å². The van der Waals surface area contributed by atoms with Gasteiger partial charge in [-0.25, -0.2) is 14.6 Å². The number of nitrogens with zero attached hydrogens (tertiary/aromatic N) is 7. The van der Waals surface area contributed by atoms with Crippen LogP contribution in [0.15, 0.2) is 71.3 Å². The maximum atomic E-state index is 12.2. The number of likely N-dealkylation sites (N-methyl/N-ethyl adjacent to an activating group) is 1. The molecular formula is C24H26N8O2. The number of hydrogen-bond donors (Lipinski definition) is 1. The van der Waals surface area contributed by atoms with Crippen molar-refractivity contribution in [2.45, 2.75) is 6.54 Å². The van der Waals surface area contributed by atoms with Crippen molar-refractivity contribution in [1.82, 2.24) is 30.0 Å². The van der Waals surface area contributed by atoms with Gasteiger partial charge in [-0.3, -0.25) is 4.79 Å². The summed E-state index contributed by atoms with van der Waals surface area (Å²) in [5.74, 6) is 1.12. The van der Waals surface area contributed by atoms with Crippen LogP contribution in [-0.2, 0) is 6.54 Å². The van der Waals surface area contributed by atoms with Gasteiger partial charge in [-0.2, -0.15) is 10.2 Å². The summed E-state index contributed by atoms with van der Waals surface area (Å²) in [6, 6.07) is 14.9. The molecule has 0 unspecified atom stereocenters. The number of amides is 1. The summed E-state index contributed by atoms with van der Waals surface area (Å²) in [6.45, 7) is 1.75. The molecule has 10 heteroatoms. The first-order valence-electron chi connectivity index (χ1n) is 10.8. The Morgan fingerprint density at radius 1 is 1.09 bits per heavy atom. The molecule has 4 rings (SSSR count). The molecule has 2 heterocycles. The fraction of sp³-hybridized carbons (Fsp3) is 0.250. The quantitative estimate of drug-likeness (QED) is 0.385. The summed E-state index contributed by atoms with van der Waals surface area (Å²) in [5, 5.41) is 16.6. The van der Waals surface area contributed by atoms with Gasteiger partial charge in [0.1, 0.15) is 12.1 Å². The molecule has 0 aliphatic heterocycles. The predicted molar refractivity (Wildman–Crippen MR) is 129 cm³/mol. The van der Waals surface area contributed by atoms with Gasteiger partial charge in [0.25, 0.3) is 5.91 Å². The van der Waals surface area contributed by atoms with Crippen molar-refractivity contribution in [1.29, 1.82) is 0 Å². The first-order chi connectivity index (χ1) is 16.5. The van der Waals surface area contributed by atoms with E-state index >= 15 is 0 Å². The van der Waals surface area contributed by atoms with Crippen LogP contribution >= 0.6 is 0 Å². The fourth-order valence-electron chi connectivity index (χ4n) is 3.26. The lowest BCUT2D eigenvalue weighted by Gasteiger charge is -2.10. The molecular weight excluding hydrogens is 432 g/mol. The zero-order valence-corrected chi connectivity index (χ0v) is 19.3. The van der Waals surface area contributed by atoms with Crippen LogP contribution in [0.5, 0.6) is 5.75 Å². The molecule has 0 spiro atoms. The molecule has 0 fully saturated rings. The molecule has 1 amide bonds. The summed E-state index contributed by atoms with van der Waals surface area (Å²) >= 11 is 0. The average Bonchev–Trinajstić information content (AvgIpc) is 3.29. The Morgan fingerprint density at radius 3 is 2.56 bits per heavy atom. The average molecular weight is 459 g/mol. The number of aromatic nitrogens is 4. The molecule has 2 aromatic heterocycles. The number of rotatable bonds is 9. The van der Waals surface area contributed by atoms with Crippen molar-refractivity contribution < 1.29 is 9.53 Å². The van der Waals surface area contributed by atoms with Gasteiger partial charge in [-0.1, -0.05) is 12.1 Å². The van der Waals surface area contributed by atoms with Crippen molar-refractivity contribution in [3.8, 4) is 11.4 Å². The Balaban J connectivity index is 1.43. The number of benzene rings is 2. The Labute approximate surface area is 197 Å². The van der Waals surface area contributed by atoms with Crippen molar-refractivity contribution in [3.63, 3.8) is 0 Å². The van der Waals surface area contributed by atoms with Crippen LogP contribution in [0.25, 0.3) is 16.7 Å². The summed E-state index contributed by atoms with van der Waals surface area (Å²) < 4.78 is 6.93. The largest absolute Gasteiger partial charge is 0.497 e. The molecule has 34 heavy (non-hydrogen) atoms. The van der Waals surface area contributed by atoms with Crippen LogP contribution < -0.4 is 10.1 Å². The Kier molecular flexibility index (Phi) is 7.19. The van der Waals surface area contributed by atoms with E-state index in [0.717, 1.165) is 23.5 Å². The predicted octanol–water partition coefficient (Wildman–Crippen LogP) is 3.40.